The van der Waals surface area contributed by atoms with Crippen LogP contribution in [-0.4, -0.2) is 88.0 Å². The number of methoxy groups -OCH3 is 1. The van der Waals surface area contributed by atoms with Crippen LogP contribution < -0.4 is 9.47 Å². The van der Waals surface area contributed by atoms with E-state index in [4.69, 9.17) is 9.47 Å². The van der Waals surface area contributed by atoms with Crippen molar-refractivity contribution in [2.24, 2.45) is 0 Å². The van der Waals surface area contributed by atoms with E-state index in [9.17, 15) is 13.2 Å². The lowest BCUT2D eigenvalue weighted by atomic mass is 10.2. The van der Waals surface area contributed by atoms with Gasteiger partial charge in [0.15, 0.2) is 0 Å². The summed E-state index contributed by atoms with van der Waals surface area (Å²) in [7, 11) is -1.91. The number of carbonyl (C=O) groups is 1. The molecule has 2 aromatic carbocycles. The molecular weight excluding hydrogens is 442 g/mol. The molecule has 0 N–H and O–H groups in total. The first-order valence-electron chi connectivity index (χ1n) is 11.4. The molecule has 4 rings (SSSR count). The molecule has 0 bridgehead atoms. The number of hydrogen-bond donors (Lipinski definition) is 0. The van der Waals surface area contributed by atoms with Crippen LogP contribution in [0.15, 0.2) is 53.4 Å². The van der Waals surface area contributed by atoms with Crippen LogP contribution >= 0.6 is 0 Å². The van der Waals surface area contributed by atoms with Gasteiger partial charge < -0.3 is 14.4 Å². The average molecular weight is 474 g/mol. The molecule has 0 radical (unpaired) electrons. The number of amides is 1. The molecule has 2 aromatic rings. The summed E-state index contributed by atoms with van der Waals surface area (Å²) >= 11 is 0. The highest BCUT2D eigenvalue weighted by molar-refractivity contribution is 7.89. The maximum absolute atomic E-state index is 13.0. The second-order valence-electron chi connectivity index (χ2n) is 8.30. The SMILES string of the molecule is COc1ccc(OCCN2CCN(C(=O)c3cccc(S(=O)(=O)N4CCCC4)c3)CC2)cc1. The van der Waals surface area contributed by atoms with Crippen LogP contribution in [0, 0.1) is 0 Å². The standard InChI is InChI=1S/C24H31N3O5S/c1-31-21-7-9-22(10-8-21)32-18-17-25-13-15-26(16-14-25)24(28)20-5-4-6-23(19-20)33(29,30)27-11-2-3-12-27/h4-10,19H,2-3,11-18H2,1H3. The van der Waals surface area contributed by atoms with Crippen molar-refractivity contribution in [2.45, 2.75) is 17.7 Å². The predicted molar refractivity (Wildman–Crippen MR) is 125 cm³/mol. The number of carbonyl (C=O) groups excluding carboxylic acids is 1. The Bertz CT molecular complexity index is 1040. The highest BCUT2D eigenvalue weighted by Gasteiger charge is 2.28. The Morgan fingerprint density at radius 2 is 1.58 bits per heavy atom. The van der Waals surface area contributed by atoms with Crippen molar-refractivity contribution in [3.8, 4) is 11.5 Å². The van der Waals surface area contributed by atoms with Crippen LogP contribution in [0.2, 0.25) is 0 Å². The van der Waals surface area contributed by atoms with E-state index in [1.165, 1.54) is 10.4 Å². The summed E-state index contributed by atoms with van der Waals surface area (Å²) < 4.78 is 38.1. The van der Waals surface area contributed by atoms with Crippen LogP contribution in [-0.2, 0) is 10.0 Å². The highest BCUT2D eigenvalue weighted by Crippen LogP contribution is 2.22. The predicted octanol–water partition coefficient (Wildman–Crippen LogP) is 2.32. The molecule has 0 aromatic heterocycles. The van der Waals surface area contributed by atoms with Gasteiger partial charge in [0.25, 0.3) is 5.91 Å². The Labute approximate surface area is 195 Å². The molecule has 33 heavy (non-hydrogen) atoms. The fraction of sp³-hybridized carbons (Fsp3) is 0.458. The van der Waals surface area contributed by atoms with Crippen molar-refractivity contribution in [2.75, 3.05) is 59.5 Å². The molecule has 2 saturated heterocycles. The molecule has 0 unspecified atom stereocenters. The normalized spacial score (nSPS) is 17.8. The van der Waals surface area contributed by atoms with Gasteiger partial charge in [0.2, 0.25) is 10.0 Å². The minimum atomic E-state index is -3.54. The van der Waals surface area contributed by atoms with Crippen molar-refractivity contribution in [1.29, 1.82) is 0 Å². The van der Waals surface area contributed by atoms with Crippen LogP contribution in [0.3, 0.4) is 0 Å². The number of ether oxygens (including phenoxy) is 2. The maximum Gasteiger partial charge on any atom is 0.253 e. The number of rotatable bonds is 8. The van der Waals surface area contributed by atoms with Gasteiger partial charge in [-0.3, -0.25) is 9.69 Å². The van der Waals surface area contributed by atoms with Crippen molar-refractivity contribution >= 4 is 15.9 Å². The van der Waals surface area contributed by atoms with E-state index in [1.807, 2.05) is 24.3 Å². The van der Waals surface area contributed by atoms with Gasteiger partial charge in [0.1, 0.15) is 18.1 Å². The van der Waals surface area contributed by atoms with Gasteiger partial charge in [-0.2, -0.15) is 4.31 Å². The maximum atomic E-state index is 13.0. The summed E-state index contributed by atoms with van der Waals surface area (Å²) in [6, 6.07) is 13.9. The smallest absolute Gasteiger partial charge is 0.253 e. The van der Waals surface area contributed by atoms with Crippen LogP contribution in [0.5, 0.6) is 11.5 Å². The third-order valence-electron chi connectivity index (χ3n) is 6.18. The third-order valence-corrected chi connectivity index (χ3v) is 8.07. The summed E-state index contributed by atoms with van der Waals surface area (Å²) in [5.41, 5.74) is 0.423. The molecule has 2 fully saturated rings. The monoisotopic (exact) mass is 473 g/mol. The summed E-state index contributed by atoms with van der Waals surface area (Å²) in [5.74, 6) is 1.47. The molecule has 9 heteroatoms. The van der Waals surface area contributed by atoms with Crippen molar-refractivity contribution in [3.63, 3.8) is 0 Å². The second kappa shape index (κ2) is 10.5. The van der Waals surface area contributed by atoms with Crippen molar-refractivity contribution in [3.05, 3.63) is 54.1 Å². The molecule has 2 aliphatic rings. The molecular formula is C24H31N3O5S. The third kappa shape index (κ3) is 5.66. The van der Waals surface area contributed by atoms with Gasteiger partial charge in [-0.05, 0) is 55.3 Å². The van der Waals surface area contributed by atoms with E-state index in [-0.39, 0.29) is 10.8 Å². The Morgan fingerprint density at radius 3 is 2.24 bits per heavy atom. The number of nitrogens with zero attached hydrogens (tertiary/aromatic N) is 3. The van der Waals surface area contributed by atoms with Crippen LogP contribution in [0.1, 0.15) is 23.2 Å². The Kier molecular flexibility index (Phi) is 7.52. The minimum absolute atomic E-state index is 0.123. The number of hydrogen-bond acceptors (Lipinski definition) is 6. The largest absolute Gasteiger partial charge is 0.497 e. The molecule has 178 valence electrons. The fourth-order valence-corrected chi connectivity index (χ4v) is 5.75. The van der Waals surface area contributed by atoms with Crippen molar-refractivity contribution < 1.29 is 22.7 Å². The van der Waals surface area contributed by atoms with E-state index in [2.05, 4.69) is 4.90 Å². The first kappa shape index (κ1) is 23.5. The lowest BCUT2D eigenvalue weighted by molar-refractivity contribution is 0.0620. The first-order chi connectivity index (χ1) is 16.0. The Balaban J connectivity index is 1.27. The molecule has 0 aliphatic carbocycles. The van der Waals surface area contributed by atoms with Gasteiger partial charge in [0, 0.05) is 51.4 Å². The lowest BCUT2D eigenvalue weighted by Crippen LogP contribution is -2.49. The van der Waals surface area contributed by atoms with Crippen LogP contribution in [0.4, 0.5) is 0 Å². The topological polar surface area (TPSA) is 79.4 Å². The zero-order valence-corrected chi connectivity index (χ0v) is 19.8. The van der Waals surface area contributed by atoms with E-state index < -0.39 is 10.0 Å². The second-order valence-corrected chi connectivity index (χ2v) is 10.2. The molecule has 2 aliphatic heterocycles. The molecule has 0 saturated carbocycles. The van der Waals surface area contributed by atoms with E-state index in [1.54, 1.807) is 30.2 Å². The highest BCUT2D eigenvalue weighted by atomic mass is 32.2. The van der Waals surface area contributed by atoms with Gasteiger partial charge in [-0.1, -0.05) is 6.07 Å². The Hall–Kier alpha value is -2.62. The molecule has 0 spiro atoms. The van der Waals surface area contributed by atoms with Gasteiger partial charge >= 0.3 is 0 Å². The minimum Gasteiger partial charge on any atom is -0.497 e. The number of sulfonamides is 1. The van der Waals surface area contributed by atoms with Gasteiger partial charge in [0.05, 0.1) is 12.0 Å². The quantitative estimate of drug-likeness (QED) is 0.586. The molecule has 2 heterocycles. The first-order valence-corrected chi connectivity index (χ1v) is 12.8. The zero-order valence-electron chi connectivity index (χ0n) is 19.0. The Morgan fingerprint density at radius 1 is 0.909 bits per heavy atom. The number of benzene rings is 2. The lowest BCUT2D eigenvalue weighted by Gasteiger charge is -2.34. The fourth-order valence-electron chi connectivity index (χ4n) is 4.19. The van der Waals surface area contributed by atoms with Gasteiger partial charge in [-0.25, -0.2) is 8.42 Å². The molecule has 1 amide bonds. The van der Waals surface area contributed by atoms with E-state index >= 15 is 0 Å². The zero-order chi connectivity index (χ0) is 23.3. The van der Waals surface area contributed by atoms with Crippen molar-refractivity contribution in [1.82, 2.24) is 14.1 Å². The number of piperazine rings is 1. The molecule has 0 atom stereocenters. The van der Waals surface area contributed by atoms with Crippen LogP contribution in [0.25, 0.3) is 0 Å². The summed E-state index contributed by atoms with van der Waals surface area (Å²) in [5, 5.41) is 0. The summed E-state index contributed by atoms with van der Waals surface area (Å²) in [6.45, 7) is 5.14. The van der Waals surface area contributed by atoms with E-state index in [0.717, 1.165) is 44.0 Å². The van der Waals surface area contributed by atoms with E-state index in [0.29, 0.717) is 38.3 Å². The molecule has 8 nitrogen and oxygen atoms in total. The average Bonchev–Trinajstić information content (AvgIpc) is 3.41. The summed E-state index contributed by atoms with van der Waals surface area (Å²) in [6.07, 6.45) is 1.76. The summed E-state index contributed by atoms with van der Waals surface area (Å²) in [4.78, 5) is 17.3. The van der Waals surface area contributed by atoms with Gasteiger partial charge in [-0.15, -0.1) is 0 Å².